The predicted octanol–water partition coefficient (Wildman–Crippen LogP) is 5.22. The number of nitrogens with zero attached hydrogens (tertiary/aromatic N) is 3. The maximum Gasteiger partial charge on any atom is 0.257 e. The lowest BCUT2D eigenvalue weighted by Crippen LogP contribution is -2.38. The molecule has 0 bridgehead atoms. The number of aromatic nitrogens is 2. The largest absolute Gasteiger partial charge is 0.495 e. The molecular weight excluding hydrogens is 428 g/mol. The fourth-order valence-electron chi connectivity index (χ4n) is 3.94. The van der Waals surface area contributed by atoms with E-state index in [1.54, 1.807) is 32.5 Å². The number of nitrogens with one attached hydrogen (secondary N) is 1. The van der Waals surface area contributed by atoms with E-state index in [1.807, 2.05) is 24.0 Å². The first-order chi connectivity index (χ1) is 15.4. The number of hydrogen-bond donors (Lipinski definition) is 1. The normalized spacial score (nSPS) is 14.5. The summed E-state index contributed by atoms with van der Waals surface area (Å²) in [6.45, 7) is 5.61. The van der Waals surface area contributed by atoms with Crippen molar-refractivity contribution < 1.29 is 14.3 Å². The number of amides is 1. The van der Waals surface area contributed by atoms with Gasteiger partial charge in [0.25, 0.3) is 5.91 Å². The molecule has 0 radical (unpaired) electrons. The highest BCUT2D eigenvalue weighted by Crippen LogP contribution is 2.39. The molecule has 0 aliphatic carbocycles. The van der Waals surface area contributed by atoms with Gasteiger partial charge in [0.2, 0.25) is 0 Å². The van der Waals surface area contributed by atoms with Gasteiger partial charge in [-0.3, -0.25) is 4.79 Å². The molecule has 1 aliphatic heterocycles. The zero-order valence-corrected chi connectivity index (χ0v) is 19.5. The third-order valence-electron chi connectivity index (χ3n) is 5.90. The first-order valence-electron chi connectivity index (χ1n) is 10.7. The van der Waals surface area contributed by atoms with E-state index >= 15 is 0 Å². The van der Waals surface area contributed by atoms with E-state index in [9.17, 15) is 4.79 Å². The number of ether oxygens (including phenoxy) is 2. The monoisotopic (exact) mass is 454 g/mol. The van der Waals surface area contributed by atoms with Gasteiger partial charge in [0.1, 0.15) is 11.5 Å². The number of likely N-dealkylation sites (tertiary alicyclic amines) is 1. The number of methoxy groups -OCH3 is 2. The highest BCUT2D eigenvalue weighted by atomic mass is 35.5. The molecule has 7 nitrogen and oxygen atoms in total. The van der Waals surface area contributed by atoms with Crippen LogP contribution in [0.15, 0.2) is 30.5 Å². The highest BCUT2D eigenvalue weighted by molar-refractivity contribution is 6.32. The SMILES string of the molecule is COc1cc(OC)c(Nc2c(C(=O)N3CCC(C)CC3)cnc3nc(C)ccc23)cc1Cl. The second kappa shape index (κ2) is 9.20. The number of rotatable bonds is 5. The molecule has 1 aliphatic rings. The minimum atomic E-state index is -0.0482. The summed E-state index contributed by atoms with van der Waals surface area (Å²) in [5.41, 5.74) is 3.16. The molecule has 0 spiro atoms. The van der Waals surface area contributed by atoms with E-state index in [2.05, 4.69) is 22.2 Å². The van der Waals surface area contributed by atoms with Crippen LogP contribution in [0.5, 0.6) is 11.5 Å². The van der Waals surface area contributed by atoms with Crippen LogP contribution in [0.25, 0.3) is 11.0 Å². The number of piperidine rings is 1. The van der Waals surface area contributed by atoms with Crippen LogP contribution in [0.1, 0.15) is 35.8 Å². The van der Waals surface area contributed by atoms with Crippen LogP contribution in [0.4, 0.5) is 11.4 Å². The second-order valence-corrected chi connectivity index (χ2v) is 8.56. The molecule has 0 saturated carbocycles. The predicted molar refractivity (Wildman–Crippen MR) is 126 cm³/mol. The Labute approximate surface area is 192 Å². The van der Waals surface area contributed by atoms with Crippen molar-refractivity contribution >= 4 is 39.9 Å². The van der Waals surface area contributed by atoms with Gasteiger partial charge in [-0.2, -0.15) is 0 Å². The molecule has 32 heavy (non-hydrogen) atoms. The standard InChI is InChI=1S/C24H27ClN4O3/c1-14-7-9-29(10-8-14)24(30)17-13-26-23-16(6-5-15(2)27-23)22(17)28-19-11-18(25)20(31-3)12-21(19)32-4/h5-6,11-14H,7-10H2,1-4H3,(H,26,27,28). The van der Waals surface area contributed by atoms with Gasteiger partial charge in [0.05, 0.1) is 36.2 Å². The van der Waals surface area contributed by atoms with Gasteiger partial charge < -0.3 is 19.7 Å². The van der Waals surface area contributed by atoms with E-state index in [0.29, 0.717) is 45.0 Å². The third-order valence-corrected chi connectivity index (χ3v) is 6.20. The summed E-state index contributed by atoms with van der Waals surface area (Å²) >= 11 is 6.38. The molecule has 0 atom stereocenters. The summed E-state index contributed by atoms with van der Waals surface area (Å²) in [6, 6.07) is 7.28. The van der Waals surface area contributed by atoms with Gasteiger partial charge in [0.15, 0.2) is 5.65 Å². The minimum absolute atomic E-state index is 0.0482. The van der Waals surface area contributed by atoms with Crippen molar-refractivity contribution in [3.8, 4) is 11.5 Å². The summed E-state index contributed by atoms with van der Waals surface area (Å²) in [5, 5.41) is 4.57. The Kier molecular flexibility index (Phi) is 6.37. The topological polar surface area (TPSA) is 76.6 Å². The van der Waals surface area contributed by atoms with Crippen LogP contribution >= 0.6 is 11.6 Å². The van der Waals surface area contributed by atoms with Crippen LogP contribution in [0.3, 0.4) is 0 Å². The van der Waals surface area contributed by atoms with Crippen LogP contribution in [-0.4, -0.2) is 48.1 Å². The molecule has 1 N–H and O–H groups in total. The molecule has 1 aromatic carbocycles. The number of aryl methyl sites for hydroxylation is 1. The Morgan fingerprint density at radius 1 is 1.16 bits per heavy atom. The second-order valence-electron chi connectivity index (χ2n) is 8.16. The number of carbonyl (C=O) groups is 1. The first-order valence-corrected chi connectivity index (χ1v) is 11.0. The Hall–Kier alpha value is -3.06. The molecule has 1 saturated heterocycles. The van der Waals surface area contributed by atoms with E-state index in [0.717, 1.165) is 37.0 Å². The Bertz CT molecular complexity index is 1160. The van der Waals surface area contributed by atoms with Crippen molar-refractivity contribution in [3.63, 3.8) is 0 Å². The van der Waals surface area contributed by atoms with Crippen molar-refractivity contribution in [3.05, 3.63) is 46.7 Å². The first kappa shape index (κ1) is 22.1. The summed E-state index contributed by atoms with van der Waals surface area (Å²) < 4.78 is 10.9. The quantitative estimate of drug-likeness (QED) is 0.569. The van der Waals surface area contributed by atoms with Crippen molar-refractivity contribution in [2.75, 3.05) is 32.6 Å². The summed E-state index contributed by atoms with van der Waals surface area (Å²) in [6.07, 6.45) is 3.60. The van der Waals surface area contributed by atoms with Crippen LogP contribution in [0.2, 0.25) is 5.02 Å². The van der Waals surface area contributed by atoms with Gasteiger partial charge >= 0.3 is 0 Å². The van der Waals surface area contributed by atoms with Gasteiger partial charge in [0, 0.05) is 36.4 Å². The number of carbonyl (C=O) groups excluding carboxylic acids is 1. The highest BCUT2D eigenvalue weighted by Gasteiger charge is 2.25. The van der Waals surface area contributed by atoms with Crippen molar-refractivity contribution in [2.24, 2.45) is 5.92 Å². The minimum Gasteiger partial charge on any atom is -0.495 e. The maximum absolute atomic E-state index is 13.5. The number of anilines is 2. The molecule has 0 unspecified atom stereocenters. The Balaban J connectivity index is 1.82. The van der Waals surface area contributed by atoms with Crippen LogP contribution < -0.4 is 14.8 Å². The molecule has 168 valence electrons. The Morgan fingerprint density at radius 3 is 2.56 bits per heavy atom. The van der Waals surface area contributed by atoms with E-state index in [4.69, 9.17) is 21.1 Å². The summed E-state index contributed by atoms with van der Waals surface area (Å²) in [5.74, 6) is 1.63. The molecule has 4 rings (SSSR count). The van der Waals surface area contributed by atoms with Gasteiger partial charge in [-0.15, -0.1) is 0 Å². The molecule has 8 heteroatoms. The molecule has 3 aromatic rings. The summed E-state index contributed by atoms with van der Waals surface area (Å²) in [4.78, 5) is 24.4. The lowest BCUT2D eigenvalue weighted by atomic mass is 9.98. The molecule has 2 aromatic heterocycles. The van der Waals surface area contributed by atoms with Crippen molar-refractivity contribution in [1.29, 1.82) is 0 Å². The van der Waals surface area contributed by atoms with E-state index in [-0.39, 0.29) is 5.91 Å². The van der Waals surface area contributed by atoms with Gasteiger partial charge in [-0.05, 0) is 43.9 Å². The number of pyridine rings is 2. The summed E-state index contributed by atoms with van der Waals surface area (Å²) in [7, 11) is 3.12. The smallest absolute Gasteiger partial charge is 0.257 e. The van der Waals surface area contributed by atoms with E-state index in [1.165, 1.54) is 0 Å². The van der Waals surface area contributed by atoms with Crippen LogP contribution in [-0.2, 0) is 0 Å². The number of halogens is 1. The fourth-order valence-corrected chi connectivity index (χ4v) is 4.18. The zero-order chi connectivity index (χ0) is 22.8. The van der Waals surface area contributed by atoms with Crippen molar-refractivity contribution in [1.82, 2.24) is 14.9 Å². The number of hydrogen-bond acceptors (Lipinski definition) is 6. The third kappa shape index (κ3) is 4.30. The average Bonchev–Trinajstić information content (AvgIpc) is 2.79. The molecule has 3 heterocycles. The van der Waals surface area contributed by atoms with Gasteiger partial charge in [-0.1, -0.05) is 18.5 Å². The lowest BCUT2D eigenvalue weighted by Gasteiger charge is -2.31. The molecule has 1 amide bonds. The maximum atomic E-state index is 13.5. The average molecular weight is 455 g/mol. The molecular formula is C24H27ClN4O3. The lowest BCUT2D eigenvalue weighted by molar-refractivity contribution is 0.0698. The van der Waals surface area contributed by atoms with E-state index < -0.39 is 0 Å². The number of fused-ring (bicyclic) bond motifs is 1. The molecule has 1 fully saturated rings. The van der Waals surface area contributed by atoms with Gasteiger partial charge in [-0.25, -0.2) is 9.97 Å². The zero-order valence-electron chi connectivity index (χ0n) is 18.7. The number of benzene rings is 1. The van der Waals surface area contributed by atoms with Crippen molar-refractivity contribution in [2.45, 2.75) is 26.7 Å². The Morgan fingerprint density at radius 2 is 1.88 bits per heavy atom. The van der Waals surface area contributed by atoms with Crippen LogP contribution in [0, 0.1) is 12.8 Å². The fraction of sp³-hybridized carbons (Fsp3) is 0.375.